The van der Waals surface area contributed by atoms with Gasteiger partial charge in [-0.15, -0.1) is 21.5 Å². The molecule has 0 spiro atoms. The molecule has 0 aromatic carbocycles. The van der Waals surface area contributed by atoms with E-state index < -0.39 is 0 Å². The van der Waals surface area contributed by atoms with Gasteiger partial charge in [-0.3, -0.25) is 10.1 Å². The minimum Gasteiger partial charge on any atom is -0.300 e. The third kappa shape index (κ3) is 4.75. The maximum Gasteiger partial charge on any atom is 0.236 e. The number of nitrogens with zero attached hydrogens (tertiary/aromatic N) is 3. The van der Waals surface area contributed by atoms with Crippen LogP contribution in [0.25, 0.3) is 0 Å². The molecule has 0 radical (unpaired) electrons. The van der Waals surface area contributed by atoms with Crippen LogP contribution in [-0.4, -0.2) is 32.6 Å². The highest BCUT2D eigenvalue weighted by molar-refractivity contribution is 8.01. The van der Waals surface area contributed by atoms with E-state index >= 15 is 0 Å². The van der Waals surface area contributed by atoms with Crippen molar-refractivity contribution >= 4 is 57.2 Å². The van der Waals surface area contributed by atoms with Gasteiger partial charge in [0.05, 0.1) is 5.75 Å². The number of thioether (sulfide) groups is 2. The molecule has 19 heavy (non-hydrogen) atoms. The summed E-state index contributed by atoms with van der Waals surface area (Å²) in [4.78, 5) is 16.0. The fourth-order valence-corrected chi connectivity index (χ4v) is 4.44. The molecule has 0 saturated heterocycles. The van der Waals surface area contributed by atoms with Gasteiger partial charge in [-0.05, 0) is 12.7 Å². The first-order valence-corrected chi connectivity index (χ1v) is 9.15. The number of amides is 1. The Bertz CT molecular complexity index is 553. The lowest BCUT2D eigenvalue weighted by Crippen LogP contribution is -2.13. The minimum absolute atomic E-state index is 0.0814. The van der Waals surface area contributed by atoms with Crippen LogP contribution in [0.1, 0.15) is 12.6 Å². The second-order valence-electron chi connectivity index (χ2n) is 3.40. The summed E-state index contributed by atoms with van der Waals surface area (Å²) in [5.74, 6) is 1.20. The molecule has 1 N–H and O–H groups in total. The van der Waals surface area contributed by atoms with E-state index in [1.807, 2.05) is 12.3 Å². The largest absolute Gasteiger partial charge is 0.300 e. The van der Waals surface area contributed by atoms with Gasteiger partial charge in [0.25, 0.3) is 0 Å². The fourth-order valence-electron chi connectivity index (χ4n) is 1.12. The number of thiazole rings is 1. The summed E-state index contributed by atoms with van der Waals surface area (Å²) in [6.07, 6.45) is 0. The zero-order chi connectivity index (χ0) is 13.7. The lowest BCUT2D eigenvalue weighted by atomic mass is 10.6. The van der Waals surface area contributed by atoms with Gasteiger partial charge < -0.3 is 0 Å². The van der Waals surface area contributed by atoms with Crippen LogP contribution < -0.4 is 5.32 Å². The number of nitrogens with one attached hydrogen (secondary N) is 1. The number of aromatic nitrogens is 3. The standard InChI is InChI=1S/C10H12N4OS4/c1-3-16-10-14-13-8(19-10)12-7(15)5-18-9-11-6(2)4-17-9/h4H,3,5H2,1-2H3,(H,12,13,15). The molecule has 0 fully saturated rings. The Hall–Kier alpha value is -0.640. The molecular weight excluding hydrogens is 320 g/mol. The quantitative estimate of drug-likeness (QED) is 0.647. The number of carbonyl (C=O) groups is 1. The van der Waals surface area contributed by atoms with Crippen LogP contribution in [0.5, 0.6) is 0 Å². The molecule has 0 saturated carbocycles. The van der Waals surface area contributed by atoms with Crippen molar-refractivity contribution in [2.24, 2.45) is 0 Å². The summed E-state index contributed by atoms with van der Waals surface area (Å²) >= 11 is 6.00. The van der Waals surface area contributed by atoms with Crippen LogP contribution in [-0.2, 0) is 4.79 Å². The summed E-state index contributed by atoms with van der Waals surface area (Å²) < 4.78 is 1.79. The predicted octanol–water partition coefficient (Wildman–Crippen LogP) is 3.15. The topological polar surface area (TPSA) is 67.8 Å². The summed E-state index contributed by atoms with van der Waals surface area (Å²) in [6.45, 7) is 3.99. The fraction of sp³-hybridized carbons (Fsp3) is 0.400. The summed E-state index contributed by atoms with van der Waals surface area (Å²) in [5.41, 5.74) is 0.985. The van der Waals surface area contributed by atoms with Crippen molar-refractivity contribution in [2.45, 2.75) is 22.5 Å². The van der Waals surface area contributed by atoms with Gasteiger partial charge in [-0.25, -0.2) is 4.98 Å². The van der Waals surface area contributed by atoms with Crippen molar-refractivity contribution in [3.63, 3.8) is 0 Å². The van der Waals surface area contributed by atoms with E-state index in [-0.39, 0.29) is 5.91 Å². The Balaban J connectivity index is 1.80. The molecule has 1 amide bonds. The maximum absolute atomic E-state index is 11.7. The molecule has 2 aromatic rings. The molecule has 102 valence electrons. The molecule has 0 unspecified atom stereocenters. The van der Waals surface area contributed by atoms with Gasteiger partial charge in [-0.1, -0.05) is 41.8 Å². The molecule has 0 aliphatic heterocycles. The first kappa shape index (κ1) is 14.8. The van der Waals surface area contributed by atoms with Crippen LogP contribution in [0.15, 0.2) is 14.1 Å². The number of hydrogen-bond donors (Lipinski definition) is 1. The van der Waals surface area contributed by atoms with E-state index in [9.17, 15) is 4.79 Å². The number of carbonyl (C=O) groups excluding carboxylic acids is 1. The molecule has 0 aliphatic carbocycles. The van der Waals surface area contributed by atoms with Gasteiger partial charge in [-0.2, -0.15) is 0 Å². The Morgan fingerprint density at radius 3 is 2.89 bits per heavy atom. The minimum atomic E-state index is -0.0814. The highest BCUT2D eigenvalue weighted by Crippen LogP contribution is 2.26. The smallest absolute Gasteiger partial charge is 0.236 e. The molecule has 0 aliphatic rings. The second kappa shape index (κ2) is 7.22. The average molecular weight is 333 g/mol. The first-order chi connectivity index (χ1) is 9.17. The SMILES string of the molecule is CCSc1nnc(NC(=O)CSc2nc(C)cs2)s1. The van der Waals surface area contributed by atoms with Crippen molar-refractivity contribution in [1.29, 1.82) is 0 Å². The highest BCUT2D eigenvalue weighted by Gasteiger charge is 2.09. The number of hydrogen-bond acceptors (Lipinski definition) is 8. The van der Waals surface area contributed by atoms with E-state index in [4.69, 9.17) is 0 Å². The Labute approximate surface area is 127 Å². The molecule has 9 heteroatoms. The molecule has 5 nitrogen and oxygen atoms in total. The van der Waals surface area contributed by atoms with Crippen LogP contribution in [0.2, 0.25) is 0 Å². The van der Waals surface area contributed by atoms with Crippen molar-refractivity contribution in [3.8, 4) is 0 Å². The van der Waals surface area contributed by atoms with Gasteiger partial charge in [0.1, 0.15) is 0 Å². The Morgan fingerprint density at radius 1 is 1.37 bits per heavy atom. The summed E-state index contributed by atoms with van der Waals surface area (Å²) in [6, 6.07) is 0. The van der Waals surface area contributed by atoms with Gasteiger partial charge >= 0.3 is 0 Å². The van der Waals surface area contributed by atoms with Gasteiger partial charge in [0.2, 0.25) is 11.0 Å². The Morgan fingerprint density at radius 2 is 2.21 bits per heavy atom. The molecular formula is C10H12N4OS4. The van der Waals surface area contributed by atoms with Crippen LogP contribution in [0, 0.1) is 6.92 Å². The monoisotopic (exact) mass is 332 g/mol. The lowest BCUT2D eigenvalue weighted by Gasteiger charge is -1.98. The van der Waals surface area contributed by atoms with Crippen molar-refractivity contribution in [2.75, 3.05) is 16.8 Å². The Kier molecular flexibility index (Phi) is 5.61. The second-order valence-corrected chi connectivity index (χ2v) is 7.97. The van der Waals surface area contributed by atoms with Crippen molar-refractivity contribution in [1.82, 2.24) is 15.2 Å². The molecule has 2 aromatic heterocycles. The molecule has 0 bridgehead atoms. The number of rotatable bonds is 6. The molecule has 2 rings (SSSR count). The first-order valence-electron chi connectivity index (χ1n) is 5.48. The van der Waals surface area contributed by atoms with Crippen LogP contribution in [0.3, 0.4) is 0 Å². The predicted molar refractivity (Wildman–Crippen MR) is 82.5 cm³/mol. The third-order valence-electron chi connectivity index (χ3n) is 1.85. The van der Waals surface area contributed by atoms with E-state index in [1.165, 1.54) is 23.1 Å². The zero-order valence-corrected chi connectivity index (χ0v) is 13.6. The van der Waals surface area contributed by atoms with Gasteiger partial charge in [0.15, 0.2) is 8.68 Å². The lowest BCUT2D eigenvalue weighted by molar-refractivity contribution is -0.113. The van der Waals surface area contributed by atoms with Crippen LogP contribution >= 0.6 is 46.2 Å². The van der Waals surface area contributed by atoms with E-state index in [0.717, 1.165) is 20.1 Å². The van der Waals surface area contributed by atoms with E-state index in [1.54, 1.807) is 23.1 Å². The number of anilines is 1. The van der Waals surface area contributed by atoms with E-state index in [2.05, 4.69) is 27.4 Å². The van der Waals surface area contributed by atoms with Crippen molar-refractivity contribution in [3.05, 3.63) is 11.1 Å². The number of aryl methyl sites for hydroxylation is 1. The van der Waals surface area contributed by atoms with Crippen LogP contribution in [0.4, 0.5) is 5.13 Å². The van der Waals surface area contributed by atoms with Crippen molar-refractivity contribution < 1.29 is 4.79 Å². The molecule has 2 heterocycles. The normalized spacial score (nSPS) is 10.6. The maximum atomic E-state index is 11.7. The van der Waals surface area contributed by atoms with E-state index in [0.29, 0.717) is 10.9 Å². The summed E-state index contributed by atoms with van der Waals surface area (Å²) in [7, 11) is 0. The summed E-state index contributed by atoms with van der Waals surface area (Å²) in [5, 5.41) is 13.2. The van der Waals surface area contributed by atoms with Gasteiger partial charge in [0, 0.05) is 11.1 Å². The average Bonchev–Trinajstić information content (AvgIpc) is 2.97. The molecule has 0 atom stereocenters. The third-order valence-corrected chi connectivity index (χ3v) is 5.84. The highest BCUT2D eigenvalue weighted by atomic mass is 32.2. The zero-order valence-electron chi connectivity index (χ0n) is 10.4.